The molecule has 13 heavy (non-hydrogen) atoms. The summed E-state index contributed by atoms with van der Waals surface area (Å²) in [6.45, 7) is 3.71. The van der Waals surface area contributed by atoms with Gasteiger partial charge in [0, 0.05) is 6.54 Å². The van der Waals surface area contributed by atoms with Crippen LogP contribution in [0.25, 0.3) is 0 Å². The van der Waals surface area contributed by atoms with Gasteiger partial charge in [-0.05, 0) is 18.5 Å². The monoisotopic (exact) mass is 174 g/mol. The lowest BCUT2D eigenvalue weighted by atomic mass is 10.1. The molecule has 0 unspecified atom stereocenters. The maximum absolute atomic E-state index is 5.56. The third kappa shape index (κ3) is 4.11. The minimum Gasteiger partial charge on any atom is -0.298 e. The predicted molar refractivity (Wildman–Crippen MR) is 56.3 cm³/mol. The summed E-state index contributed by atoms with van der Waals surface area (Å²) in [5, 5.41) is 0. The van der Waals surface area contributed by atoms with Gasteiger partial charge in [0.1, 0.15) is 0 Å². The van der Waals surface area contributed by atoms with E-state index in [1.54, 1.807) is 4.92 Å². The summed E-state index contributed by atoms with van der Waals surface area (Å²) in [7, 11) is 5.56. The molecule has 0 saturated heterocycles. The van der Waals surface area contributed by atoms with Crippen molar-refractivity contribution in [3.8, 4) is 0 Å². The fourth-order valence-electron chi connectivity index (χ4n) is 1.10. The van der Waals surface area contributed by atoms with Gasteiger partial charge in [0.25, 0.3) is 0 Å². The lowest BCUT2D eigenvalue weighted by Gasteiger charge is -2.15. The molecule has 0 aliphatic rings. The zero-order valence-corrected chi connectivity index (χ0v) is 8.03. The first-order valence-electron chi connectivity index (χ1n) is 4.62. The van der Waals surface area contributed by atoms with Crippen LogP contribution < -0.4 is 5.43 Å². The summed E-state index contributed by atoms with van der Waals surface area (Å²) < 4.78 is 0. The van der Waals surface area contributed by atoms with Crippen LogP contribution in [0.5, 0.6) is 0 Å². The van der Waals surface area contributed by atoms with Gasteiger partial charge in [-0.2, -0.15) is 0 Å². The van der Waals surface area contributed by atoms with Gasteiger partial charge >= 0.3 is 0 Å². The standard InChI is InChI=1S/C10H15BN2/c1-2-13(11)12-9-8-10-6-4-3-5-7-10/h3-7,12H,2,8-9H2,1H3. The minimum atomic E-state index is 0.814. The molecule has 0 bridgehead atoms. The van der Waals surface area contributed by atoms with E-state index in [0.717, 1.165) is 19.5 Å². The van der Waals surface area contributed by atoms with E-state index in [9.17, 15) is 0 Å². The van der Waals surface area contributed by atoms with Crippen molar-refractivity contribution < 1.29 is 0 Å². The van der Waals surface area contributed by atoms with Crippen molar-refractivity contribution >= 4 is 7.98 Å². The van der Waals surface area contributed by atoms with Crippen molar-refractivity contribution in [2.24, 2.45) is 0 Å². The Morgan fingerprint density at radius 3 is 2.62 bits per heavy atom. The molecule has 0 amide bonds. The van der Waals surface area contributed by atoms with Crippen LogP contribution >= 0.6 is 0 Å². The van der Waals surface area contributed by atoms with Crippen LogP contribution in [-0.4, -0.2) is 26.0 Å². The SMILES string of the molecule is [B]N(CC)NCCc1ccccc1. The van der Waals surface area contributed by atoms with E-state index in [0.29, 0.717) is 0 Å². The van der Waals surface area contributed by atoms with Gasteiger partial charge in [0.05, 0.1) is 0 Å². The van der Waals surface area contributed by atoms with Crippen LogP contribution in [0.15, 0.2) is 30.3 Å². The van der Waals surface area contributed by atoms with Crippen molar-refractivity contribution in [3.63, 3.8) is 0 Å². The van der Waals surface area contributed by atoms with Crippen LogP contribution in [0.3, 0.4) is 0 Å². The summed E-state index contributed by atoms with van der Waals surface area (Å²) >= 11 is 0. The quantitative estimate of drug-likeness (QED) is 0.531. The Hall–Kier alpha value is -0.795. The zero-order valence-electron chi connectivity index (χ0n) is 8.03. The summed E-state index contributed by atoms with van der Waals surface area (Å²) in [6, 6.07) is 10.4. The van der Waals surface area contributed by atoms with Gasteiger partial charge in [-0.15, -0.1) is 0 Å². The van der Waals surface area contributed by atoms with E-state index in [1.807, 2.05) is 13.0 Å². The highest BCUT2D eigenvalue weighted by Crippen LogP contribution is 1.97. The van der Waals surface area contributed by atoms with Crippen LogP contribution in [0.1, 0.15) is 12.5 Å². The van der Waals surface area contributed by atoms with E-state index in [4.69, 9.17) is 7.98 Å². The Morgan fingerprint density at radius 2 is 2.00 bits per heavy atom. The second-order valence-corrected chi connectivity index (χ2v) is 2.93. The number of hydrogen-bond donors (Lipinski definition) is 1. The largest absolute Gasteiger partial charge is 0.298 e. The Morgan fingerprint density at radius 1 is 1.31 bits per heavy atom. The summed E-state index contributed by atoms with van der Waals surface area (Å²) in [4.78, 5) is 1.60. The molecule has 68 valence electrons. The molecule has 0 atom stereocenters. The number of nitrogens with one attached hydrogen (secondary N) is 1. The summed E-state index contributed by atoms with van der Waals surface area (Å²) in [5.41, 5.74) is 4.42. The maximum Gasteiger partial charge on any atom is 0.206 e. The van der Waals surface area contributed by atoms with Crippen LogP contribution in [-0.2, 0) is 6.42 Å². The molecule has 0 spiro atoms. The Labute approximate surface area is 81.3 Å². The number of benzene rings is 1. The lowest BCUT2D eigenvalue weighted by Crippen LogP contribution is -2.36. The molecule has 3 heteroatoms. The van der Waals surface area contributed by atoms with E-state index in [2.05, 4.69) is 29.7 Å². The van der Waals surface area contributed by atoms with Gasteiger partial charge in [-0.1, -0.05) is 37.3 Å². The number of nitrogens with zero attached hydrogens (tertiary/aromatic N) is 1. The Balaban J connectivity index is 2.20. The molecule has 1 aromatic carbocycles. The summed E-state index contributed by atoms with van der Waals surface area (Å²) in [5.74, 6) is 0. The number of hydrogen-bond acceptors (Lipinski definition) is 2. The molecule has 1 N–H and O–H groups in total. The third-order valence-electron chi connectivity index (χ3n) is 1.91. The number of rotatable bonds is 5. The van der Waals surface area contributed by atoms with E-state index < -0.39 is 0 Å². The zero-order chi connectivity index (χ0) is 9.52. The second-order valence-electron chi connectivity index (χ2n) is 2.93. The molecule has 2 radical (unpaired) electrons. The molecule has 2 nitrogen and oxygen atoms in total. The fourth-order valence-corrected chi connectivity index (χ4v) is 1.10. The van der Waals surface area contributed by atoms with Crippen LogP contribution in [0, 0.1) is 0 Å². The molecule has 0 aromatic heterocycles. The van der Waals surface area contributed by atoms with Gasteiger partial charge in [-0.3, -0.25) is 10.3 Å². The smallest absolute Gasteiger partial charge is 0.206 e. The molecule has 1 aromatic rings. The van der Waals surface area contributed by atoms with Gasteiger partial charge in [0.2, 0.25) is 7.98 Å². The van der Waals surface area contributed by atoms with E-state index in [1.165, 1.54) is 5.56 Å². The topological polar surface area (TPSA) is 15.3 Å². The van der Waals surface area contributed by atoms with Crippen molar-refractivity contribution in [2.45, 2.75) is 13.3 Å². The van der Waals surface area contributed by atoms with Crippen molar-refractivity contribution in [2.75, 3.05) is 13.1 Å². The summed E-state index contributed by atoms with van der Waals surface area (Å²) in [6.07, 6.45) is 1.01. The molecule has 0 heterocycles. The lowest BCUT2D eigenvalue weighted by molar-refractivity contribution is 0.353. The van der Waals surface area contributed by atoms with Crippen molar-refractivity contribution in [1.82, 2.24) is 10.3 Å². The highest BCUT2D eigenvalue weighted by Gasteiger charge is 1.93. The van der Waals surface area contributed by atoms with Crippen LogP contribution in [0.4, 0.5) is 0 Å². The van der Waals surface area contributed by atoms with Gasteiger partial charge in [0.15, 0.2) is 0 Å². The fraction of sp³-hybridized carbons (Fsp3) is 0.400. The Kier molecular flexibility index (Phi) is 4.58. The molecule has 0 fully saturated rings. The Bertz CT molecular complexity index is 226. The average molecular weight is 174 g/mol. The van der Waals surface area contributed by atoms with Gasteiger partial charge in [-0.25, -0.2) is 0 Å². The highest BCUT2D eigenvalue weighted by atomic mass is 15.4. The first kappa shape index (κ1) is 10.3. The predicted octanol–water partition coefficient (Wildman–Crippen LogP) is 1.14. The maximum atomic E-state index is 5.56. The molecule has 0 aliphatic carbocycles. The number of hydrazine groups is 1. The van der Waals surface area contributed by atoms with E-state index in [-0.39, 0.29) is 0 Å². The molecule has 0 saturated carbocycles. The first-order chi connectivity index (χ1) is 6.33. The second kappa shape index (κ2) is 5.78. The minimum absolute atomic E-state index is 0.814. The highest BCUT2D eigenvalue weighted by molar-refractivity contribution is 6.03. The van der Waals surface area contributed by atoms with Crippen LogP contribution in [0.2, 0.25) is 0 Å². The van der Waals surface area contributed by atoms with Crippen molar-refractivity contribution in [1.29, 1.82) is 0 Å². The normalized spacial score (nSPS) is 10.6. The average Bonchev–Trinajstić information content (AvgIpc) is 2.19. The molecular weight excluding hydrogens is 159 g/mol. The van der Waals surface area contributed by atoms with Gasteiger partial charge < -0.3 is 0 Å². The first-order valence-corrected chi connectivity index (χ1v) is 4.62. The molecule has 1 rings (SSSR count). The van der Waals surface area contributed by atoms with Crippen molar-refractivity contribution in [3.05, 3.63) is 35.9 Å². The molecular formula is C10H15BN2. The molecule has 0 aliphatic heterocycles. The third-order valence-corrected chi connectivity index (χ3v) is 1.91. The van der Waals surface area contributed by atoms with E-state index >= 15 is 0 Å².